The summed E-state index contributed by atoms with van der Waals surface area (Å²) < 4.78 is 0. The van der Waals surface area contributed by atoms with Crippen molar-refractivity contribution >= 4 is 17.6 Å². The van der Waals surface area contributed by atoms with Gasteiger partial charge in [-0.05, 0) is 19.8 Å². The first-order valence-electron chi connectivity index (χ1n) is 6.02. The Labute approximate surface area is 102 Å². The Morgan fingerprint density at radius 3 is 1.82 bits per heavy atom. The number of likely N-dealkylation sites (N-methyl/N-ethyl adjacent to an activating group) is 1. The van der Waals surface area contributed by atoms with E-state index in [2.05, 4.69) is 0 Å². The number of carbonyl (C=O) groups excluding carboxylic acids is 3. The summed E-state index contributed by atoms with van der Waals surface area (Å²) in [5.74, 6) is 0.332. The number of ketones is 1. The number of imide groups is 1. The monoisotopic (exact) mass is 237 g/mol. The smallest absolute Gasteiger partial charge is 0.253 e. The molecule has 1 saturated carbocycles. The molecule has 0 unspecified atom stereocenters. The third-order valence-corrected chi connectivity index (χ3v) is 3.21. The number of amides is 2. The predicted octanol–water partition coefficient (Wildman–Crippen LogP) is 1.70. The maximum Gasteiger partial charge on any atom is 0.253 e. The van der Waals surface area contributed by atoms with Crippen LogP contribution in [-0.4, -0.2) is 29.5 Å². The molecule has 2 aliphatic rings. The highest BCUT2D eigenvalue weighted by atomic mass is 16.2. The molecule has 0 N–H and O–H groups in total. The molecule has 0 spiro atoms. The second-order valence-electron chi connectivity index (χ2n) is 4.51. The first-order valence-corrected chi connectivity index (χ1v) is 6.02. The lowest BCUT2D eigenvalue weighted by Crippen LogP contribution is -2.24. The van der Waals surface area contributed by atoms with Gasteiger partial charge in [-0.1, -0.05) is 19.3 Å². The number of Topliss-reactive ketones (excluding diaryl/α,β-unsaturated/α-hetero) is 1. The lowest BCUT2D eigenvalue weighted by molar-refractivity contribution is -0.135. The highest BCUT2D eigenvalue weighted by molar-refractivity contribution is 6.12. The van der Waals surface area contributed by atoms with E-state index in [4.69, 9.17) is 0 Å². The molecule has 0 saturated heterocycles. The van der Waals surface area contributed by atoms with Gasteiger partial charge in [-0.3, -0.25) is 19.3 Å². The second kappa shape index (κ2) is 6.33. The van der Waals surface area contributed by atoms with Gasteiger partial charge in [0.2, 0.25) is 0 Å². The van der Waals surface area contributed by atoms with Gasteiger partial charge in [0.15, 0.2) is 0 Å². The number of hydrogen-bond acceptors (Lipinski definition) is 3. The van der Waals surface area contributed by atoms with Crippen LogP contribution < -0.4 is 0 Å². The molecule has 0 aromatic heterocycles. The Hall–Kier alpha value is -1.45. The van der Waals surface area contributed by atoms with Crippen molar-refractivity contribution < 1.29 is 14.4 Å². The maximum atomic E-state index is 10.8. The fourth-order valence-corrected chi connectivity index (χ4v) is 1.98. The molecule has 1 fully saturated rings. The molecule has 94 valence electrons. The Morgan fingerprint density at radius 2 is 1.59 bits per heavy atom. The van der Waals surface area contributed by atoms with Gasteiger partial charge in [0, 0.05) is 25.1 Å². The zero-order valence-electron chi connectivity index (χ0n) is 10.4. The fourth-order valence-electron chi connectivity index (χ4n) is 1.98. The normalized spacial score (nSPS) is 20.2. The van der Waals surface area contributed by atoms with Crippen LogP contribution in [0.1, 0.15) is 39.0 Å². The van der Waals surface area contributed by atoms with Crippen molar-refractivity contribution in [3.63, 3.8) is 0 Å². The Kier molecular flexibility index (Phi) is 5.07. The minimum absolute atomic E-state index is 0.241. The summed E-state index contributed by atoms with van der Waals surface area (Å²) in [4.78, 5) is 32.7. The van der Waals surface area contributed by atoms with Crippen molar-refractivity contribution in [3.05, 3.63) is 12.2 Å². The average molecular weight is 237 g/mol. The van der Waals surface area contributed by atoms with E-state index >= 15 is 0 Å². The highest BCUT2D eigenvalue weighted by Gasteiger charge is 2.17. The summed E-state index contributed by atoms with van der Waals surface area (Å²) in [6.45, 7) is 1.72. The topological polar surface area (TPSA) is 54.5 Å². The minimum Gasteiger partial charge on any atom is -0.300 e. The molecule has 0 bridgehead atoms. The summed E-state index contributed by atoms with van der Waals surface area (Å²) in [5, 5.41) is 0. The molecule has 0 aromatic carbocycles. The van der Waals surface area contributed by atoms with Crippen LogP contribution in [0.25, 0.3) is 0 Å². The number of hydrogen-bond donors (Lipinski definition) is 0. The second-order valence-corrected chi connectivity index (χ2v) is 4.51. The lowest BCUT2D eigenvalue weighted by Gasteiger charge is -2.17. The van der Waals surface area contributed by atoms with Crippen molar-refractivity contribution in [1.29, 1.82) is 0 Å². The molecule has 1 aliphatic heterocycles. The van der Waals surface area contributed by atoms with E-state index < -0.39 is 0 Å². The minimum atomic E-state index is -0.241. The van der Waals surface area contributed by atoms with Gasteiger partial charge in [-0.25, -0.2) is 0 Å². The number of carbonyl (C=O) groups is 3. The molecule has 4 nitrogen and oxygen atoms in total. The van der Waals surface area contributed by atoms with E-state index in [1.54, 1.807) is 6.92 Å². The zero-order valence-corrected chi connectivity index (χ0v) is 10.4. The summed E-state index contributed by atoms with van der Waals surface area (Å²) in [6.07, 6.45) is 8.67. The highest BCUT2D eigenvalue weighted by Crippen LogP contribution is 2.23. The Morgan fingerprint density at radius 1 is 1.12 bits per heavy atom. The standard InChI is InChI=1S/C8H14O.C5H5NO2/c1-7(9)8-5-3-2-4-6-8;1-6-4(7)2-3-5(6)8/h8H,2-6H2,1H3;2-3H,1H3. The summed E-state index contributed by atoms with van der Waals surface area (Å²) >= 11 is 0. The van der Waals surface area contributed by atoms with Gasteiger partial charge in [-0.15, -0.1) is 0 Å². The summed E-state index contributed by atoms with van der Waals surface area (Å²) in [7, 11) is 1.45. The van der Waals surface area contributed by atoms with Gasteiger partial charge in [0.1, 0.15) is 5.78 Å². The van der Waals surface area contributed by atoms with Crippen LogP contribution >= 0.6 is 0 Å². The molecule has 2 rings (SSSR count). The van der Waals surface area contributed by atoms with Crippen LogP contribution in [-0.2, 0) is 14.4 Å². The molecule has 0 radical (unpaired) electrons. The summed E-state index contributed by atoms with van der Waals surface area (Å²) in [5.41, 5.74) is 0. The van der Waals surface area contributed by atoms with Crippen LogP contribution in [0.3, 0.4) is 0 Å². The van der Waals surface area contributed by atoms with Crippen LogP contribution in [0.4, 0.5) is 0 Å². The van der Waals surface area contributed by atoms with Gasteiger partial charge < -0.3 is 0 Å². The van der Waals surface area contributed by atoms with E-state index in [0.717, 1.165) is 17.7 Å². The van der Waals surface area contributed by atoms with E-state index in [1.165, 1.54) is 38.5 Å². The van der Waals surface area contributed by atoms with Crippen molar-refractivity contribution in [2.45, 2.75) is 39.0 Å². The van der Waals surface area contributed by atoms with Gasteiger partial charge in [0.05, 0.1) is 0 Å². The molecule has 1 aliphatic carbocycles. The molecule has 2 amide bonds. The van der Waals surface area contributed by atoms with E-state index in [0.29, 0.717) is 11.7 Å². The largest absolute Gasteiger partial charge is 0.300 e. The maximum absolute atomic E-state index is 10.8. The Balaban J connectivity index is 0.000000171. The van der Waals surface area contributed by atoms with Crippen molar-refractivity contribution in [2.75, 3.05) is 7.05 Å². The lowest BCUT2D eigenvalue weighted by atomic mass is 9.87. The van der Waals surface area contributed by atoms with E-state index in [9.17, 15) is 14.4 Å². The fraction of sp³-hybridized carbons (Fsp3) is 0.615. The van der Waals surface area contributed by atoms with E-state index in [1.807, 2.05) is 0 Å². The van der Waals surface area contributed by atoms with Gasteiger partial charge in [0.25, 0.3) is 11.8 Å². The third kappa shape index (κ3) is 4.13. The van der Waals surface area contributed by atoms with Gasteiger partial charge in [-0.2, -0.15) is 0 Å². The predicted molar refractivity (Wildman–Crippen MR) is 64.2 cm³/mol. The van der Waals surface area contributed by atoms with Gasteiger partial charge >= 0.3 is 0 Å². The third-order valence-electron chi connectivity index (χ3n) is 3.21. The molecule has 17 heavy (non-hydrogen) atoms. The van der Waals surface area contributed by atoms with Crippen molar-refractivity contribution in [2.24, 2.45) is 5.92 Å². The molecular formula is C13H19NO3. The number of rotatable bonds is 1. The van der Waals surface area contributed by atoms with Crippen molar-refractivity contribution in [1.82, 2.24) is 4.90 Å². The Bertz CT molecular complexity index is 323. The molecule has 4 heteroatoms. The number of nitrogens with zero attached hydrogens (tertiary/aromatic N) is 1. The van der Waals surface area contributed by atoms with Crippen molar-refractivity contribution in [3.8, 4) is 0 Å². The molecule has 0 aromatic rings. The first-order chi connectivity index (χ1) is 8.02. The van der Waals surface area contributed by atoms with Crippen LogP contribution in [0, 0.1) is 5.92 Å². The summed E-state index contributed by atoms with van der Waals surface area (Å²) in [6, 6.07) is 0. The SMILES string of the molecule is CC(=O)C1CCCCC1.CN1C(=O)C=CC1=O. The molecule has 0 atom stereocenters. The van der Waals surface area contributed by atoms with E-state index in [-0.39, 0.29) is 11.8 Å². The first kappa shape index (κ1) is 13.6. The van der Waals surface area contributed by atoms with Crippen LogP contribution in [0.2, 0.25) is 0 Å². The zero-order chi connectivity index (χ0) is 12.8. The quantitative estimate of drug-likeness (QED) is 0.652. The van der Waals surface area contributed by atoms with Crippen LogP contribution in [0.5, 0.6) is 0 Å². The molecular weight excluding hydrogens is 218 g/mol. The average Bonchev–Trinajstić information content (AvgIpc) is 2.62. The molecule has 1 heterocycles. The van der Waals surface area contributed by atoms with Crippen LogP contribution in [0.15, 0.2) is 12.2 Å².